The summed E-state index contributed by atoms with van der Waals surface area (Å²) in [5.41, 5.74) is 1.01. The van der Waals surface area contributed by atoms with Crippen LogP contribution in [0.1, 0.15) is 12.0 Å². The molecule has 6 nitrogen and oxygen atoms in total. The molecule has 1 N–H and O–H groups in total. The van der Waals surface area contributed by atoms with E-state index in [9.17, 15) is 13.2 Å². The number of amides is 1. The zero-order chi connectivity index (χ0) is 20.4. The highest BCUT2D eigenvalue weighted by Crippen LogP contribution is 2.19. The van der Waals surface area contributed by atoms with E-state index in [0.29, 0.717) is 26.0 Å². The zero-order valence-corrected chi connectivity index (χ0v) is 18.2. The number of sulfonamides is 1. The molecule has 2 aromatic rings. The summed E-state index contributed by atoms with van der Waals surface area (Å²) < 4.78 is 33.1. The standard InChI is InChI=1S/C20H25BrN2O4S/c1-27-15-5-13-22-20(24)16-23(14-12-17-6-3-2-4-7-17)28(25,26)19-10-8-18(21)9-11-19/h2-4,6-11H,5,12-16H2,1H3,(H,22,24). The second kappa shape index (κ2) is 11.3. The molecular formula is C20H25BrN2O4S. The number of carbonyl (C=O) groups excluding carboxylic acids is 1. The molecule has 0 fully saturated rings. The van der Waals surface area contributed by atoms with Gasteiger partial charge in [-0.1, -0.05) is 46.3 Å². The van der Waals surface area contributed by atoms with Crippen LogP contribution >= 0.6 is 15.9 Å². The topological polar surface area (TPSA) is 75.7 Å². The second-order valence-electron chi connectivity index (χ2n) is 6.22. The summed E-state index contributed by atoms with van der Waals surface area (Å²) in [6.07, 6.45) is 1.19. The monoisotopic (exact) mass is 468 g/mol. The fraction of sp³-hybridized carbons (Fsp3) is 0.350. The molecule has 28 heavy (non-hydrogen) atoms. The van der Waals surface area contributed by atoms with Crippen molar-refractivity contribution in [3.05, 3.63) is 64.6 Å². The van der Waals surface area contributed by atoms with E-state index in [4.69, 9.17) is 4.74 Å². The number of carbonyl (C=O) groups is 1. The number of ether oxygens (including phenoxy) is 1. The average molecular weight is 469 g/mol. The average Bonchev–Trinajstić information content (AvgIpc) is 2.69. The zero-order valence-electron chi connectivity index (χ0n) is 15.8. The van der Waals surface area contributed by atoms with Crippen molar-refractivity contribution in [1.29, 1.82) is 0 Å². The molecule has 0 atom stereocenters. The molecule has 0 saturated carbocycles. The largest absolute Gasteiger partial charge is 0.385 e. The summed E-state index contributed by atoms with van der Waals surface area (Å²) in [6, 6.07) is 16.0. The van der Waals surface area contributed by atoms with E-state index in [1.54, 1.807) is 19.2 Å². The van der Waals surface area contributed by atoms with Crippen molar-refractivity contribution in [2.45, 2.75) is 17.7 Å². The number of rotatable bonds is 11. The first-order chi connectivity index (χ1) is 13.4. The fourth-order valence-corrected chi connectivity index (χ4v) is 4.26. The van der Waals surface area contributed by atoms with Gasteiger partial charge in [0.15, 0.2) is 0 Å². The Balaban J connectivity index is 2.12. The van der Waals surface area contributed by atoms with E-state index in [-0.39, 0.29) is 23.9 Å². The smallest absolute Gasteiger partial charge is 0.243 e. The Bertz CT molecular complexity index is 842. The number of nitrogens with zero attached hydrogens (tertiary/aromatic N) is 1. The molecule has 1 amide bonds. The van der Waals surface area contributed by atoms with Crippen molar-refractivity contribution < 1.29 is 17.9 Å². The summed E-state index contributed by atoms with van der Waals surface area (Å²) in [6.45, 7) is 0.971. The maximum Gasteiger partial charge on any atom is 0.243 e. The predicted octanol–water partition coefficient (Wildman–Crippen LogP) is 2.84. The van der Waals surface area contributed by atoms with Crippen molar-refractivity contribution in [2.24, 2.45) is 0 Å². The molecule has 0 bridgehead atoms. The quantitative estimate of drug-likeness (QED) is 0.514. The van der Waals surface area contributed by atoms with Gasteiger partial charge in [-0.2, -0.15) is 4.31 Å². The van der Waals surface area contributed by atoms with Gasteiger partial charge in [0.05, 0.1) is 11.4 Å². The molecule has 0 radical (unpaired) electrons. The van der Waals surface area contributed by atoms with Crippen LogP contribution in [0, 0.1) is 0 Å². The lowest BCUT2D eigenvalue weighted by atomic mass is 10.1. The molecular weight excluding hydrogens is 444 g/mol. The van der Waals surface area contributed by atoms with Gasteiger partial charge in [-0.15, -0.1) is 0 Å². The molecule has 0 spiro atoms. The fourth-order valence-electron chi connectivity index (χ4n) is 2.60. The minimum absolute atomic E-state index is 0.163. The van der Waals surface area contributed by atoms with Gasteiger partial charge in [-0.25, -0.2) is 8.42 Å². The van der Waals surface area contributed by atoms with Gasteiger partial charge in [-0.3, -0.25) is 4.79 Å². The number of hydrogen-bond acceptors (Lipinski definition) is 4. The maximum absolute atomic E-state index is 13.1. The van der Waals surface area contributed by atoms with E-state index < -0.39 is 10.0 Å². The number of halogens is 1. The summed E-state index contributed by atoms with van der Waals surface area (Å²) in [7, 11) is -2.20. The molecule has 2 aromatic carbocycles. The summed E-state index contributed by atoms with van der Waals surface area (Å²) in [5.74, 6) is -0.329. The predicted molar refractivity (Wildman–Crippen MR) is 113 cm³/mol. The van der Waals surface area contributed by atoms with Crippen LogP contribution in [0.5, 0.6) is 0 Å². The van der Waals surface area contributed by atoms with Crippen LogP contribution in [0.4, 0.5) is 0 Å². The number of methoxy groups -OCH3 is 1. The van der Waals surface area contributed by atoms with Gasteiger partial charge in [0.1, 0.15) is 0 Å². The van der Waals surface area contributed by atoms with Crippen LogP contribution in [0.2, 0.25) is 0 Å². The summed E-state index contributed by atoms with van der Waals surface area (Å²) in [4.78, 5) is 12.5. The van der Waals surface area contributed by atoms with E-state index >= 15 is 0 Å². The van der Waals surface area contributed by atoms with Crippen LogP contribution in [0.15, 0.2) is 64.0 Å². The highest BCUT2D eigenvalue weighted by Gasteiger charge is 2.26. The van der Waals surface area contributed by atoms with Crippen molar-refractivity contribution in [1.82, 2.24) is 9.62 Å². The lowest BCUT2D eigenvalue weighted by Gasteiger charge is -2.22. The number of benzene rings is 2. The number of nitrogens with one attached hydrogen (secondary N) is 1. The Morgan fingerprint density at radius 2 is 1.79 bits per heavy atom. The van der Waals surface area contributed by atoms with Gasteiger partial charge in [0.25, 0.3) is 0 Å². The first-order valence-electron chi connectivity index (χ1n) is 8.99. The molecule has 0 aromatic heterocycles. The van der Waals surface area contributed by atoms with Crippen LogP contribution in [0.25, 0.3) is 0 Å². The first kappa shape index (κ1) is 22.5. The Morgan fingerprint density at radius 1 is 1.11 bits per heavy atom. The van der Waals surface area contributed by atoms with Crippen molar-refractivity contribution in [3.8, 4) is 0 Å². The number of hydrogen-bond donors (Lipinski definition) is 1. The molecule has 0 aliphatic rings. The third-order valence-corrected chi connectivity index (χ3v) is 6.50. The lowest BCUT2D eigenvalue weighted by Crippen LogP contribution is -2.42. The third-order valence-electron chi connectivity index (χ3n) is 4.11. The summed E-state index contributed by atoms with van der Waals surface area (Å²) >= 11 is 3.31. The Hall–Kier alpha value is -1.74. The van der Waals surface area contributed by atoms with E-state index in [2.05, 4.69) is 21.2 Å². The summed E-state index contributed by atoms with van der Waals surface area (Å²) in [5, 5.41) is 2.75. The van der Waals surface area contributed by atoms with Gasteiger partial charge in [-0.05, 0) is 42.7 Å². The molecule has 0 unspecified atom stereocenters. The highest BCUT2D eigenvalue weighted by molar-refractivity contribution is 9.10. The normalized spacial score (nSPS) is 11.5. The minimum Gasteiger partial charge on any atom is -0.385 e. The van der Waals surface area contributed by atoms with Crippen LogP contribution in [0.3, 0.4) is 0 Å². The van der Waals surface area contributed by atoms with Crippen molar-refractivity contribution in [3.63, 3.8) is 0 Å². The lowest BCUT2D eigenvalue weighted by molar-refractivity contribution is -0.121. The highest BCUT2D eigenvalue weighted by atomic mass is 79.9. The first-order valence-corrected chi connectivity index (χ1v) is 11.2. The van der Waals surface area contributed by atoms with Crippen LogP contribution in [-0.2, 0) is 26.0 Å². The van der Waals surface area contributed by atoms with Gasteiger partial charge < -0.3 is 10.1 Å². The molecule has 152 valence electrons. The third kappa shape index (κ3) is 7.01. The van der Waals surface area contributed by atoms with Gasteiger partial charge in [0, 0.05) is 31.3 Å². The molecule has 0 saturated heterocycles. The molecule has 0 heterocycles. The van der Waals surface area contributed by atoms with Crippen LogP contribution in [-0.4, -0.2) is 52.0 Å². The second-order valence-corrected chi connectivity index (χ2v) is 9.08. The molecule has 2 rings (SSSR count). The molecule has 0 aliphatic heterocycles. The van der Waals surface area contributed by atoms with Gasteiger partial charge >= 0.3 is 0 Å². The van der Waals surface area contributed by atoms with Crippen LogP contribution < -0.4 is 5.32 Å². The van der Waals surface area contributed by atoms with E-state index in [1.165, 1.54) is 16.4 Å². The molecule has 8 heteroatoms. The maximum atomic E-state index is 13.1. The molecule has 0 aliphatic carbocycles. The van der Waals surface area contributed by atoms with E-state index in [1.807, 2.05) is 30.3 Å². The SMILES string of the molecule is COCCCNC(=O)CN(CCc1ccccc1)S(=O)(=O)c1ccc(Br)cc1. The van der Waals surface area contributed by atoms with Gasteiger partial charge in [0.2, 0.25) is 15.9 Å². The Kier molecular flexibility index (Phi) is 9.11. The minimum atomic E-state index is -3.79. The van der Waals surface area contributed by atoms with E-state index in [0.717, 1.165) is 10.0 Å². The van der Waals surface area contributed by atoms with Crippen molar-refractivity contribution >= 4 is 31.9 Å². The Labute approximate surface area is 175 Å². The Morgan fingerprint density at radius 3 is 2.43 bits per heavy atom. The van der Waals surface area contributed by atoms with Crippen molar-refractivity contribution in [2.75, 3.05) is 33.4 Å².